The van der Waals surface area contributed by atoms with Crippen LogP contribution in [-0.2, 0) is 16.0 Å². The molecule has 1 heterocycles. The van der Waals surface area contributed by atoms with E-state index >= 15 is 0 Å². The molecule has 0 saturated carbocycles. The van der Waals surface area contributed by atoms with Crippen molar-refractivity contribution in [3.63, 3.8) is 0 Å². The fourth-order valence-corrected chi connectivity index (χ4v) is 2.98. The number of ether oxygens (including phenoxy) is 2. The summed E-state index contributed by atoms with van der Waals surface area (Å²) in [6, 6.07) is 14.7. The van der Waals surface area contributed by atoms with Crippen molar-refractivity contribution in [3.8, 4) is 5.75 Å². The Balaban J connectivity index is 1.71. The Labute approximate surface area is 147 Å². The fourth-order valence-electron chi connectivity index (χ4n) is 2.98. The van der Waals surface area contributed by atoms with Gasteiger partial charge in [-0.2, -0.15) is 0 Å². The quantitative estimate of drug-likeness (QED) is 0.785. The number of hydrogen-bond donors (Lipinski definition) is 0. The molecule has 0 fully saturated rings. The maximum absolute atomic E-state index is 12.7. The molecule has 0 radical (unpaired) electrons. The van der Waals surface area contributed by atoms with Gasteiger partial charge in [0.25, 0.3) is 5.91 Å². The number of carbonyl (C=O) groups excluding carboxylic acids is 2. The molecule has 2 aromatic rings. The van der Waals surface area contributed by atoms with Gasteiger partial charge in [-0.3, -0.25) is 4.79 Å². The summed E-state index contributed by atoms with van der Waals surface area (Å²) in [5, 5.41) is 0. The number of rotatable bonds is 5. The van der Waals surface area contributed by atoms with E-state index < -0.39 is 12.1 Å². The minimum Gasteiger partial charge on any atom is -0.493 e. The van der Waals surface area contributed by atoms with Crippen molar-refractivity contribution in [1.82, 2.24) is 0 Å². The van der Waals surface area contributed by atoms with E-state index in [9.17, 15) is 9.59 Å². The van der Waals surface area contributed by atoms with Gasteiger partial charge in [-0.15, -0.1) is 0 Å². The number of para-hydroxylation sites is 2. The van der Waals surface area contributed by atoms with Gasteiger partial charge >= 0.3 is 5.97 Å². The van der Waals surface area contributed by atoms with Crippen LogP contribution in [-0.4, -0.2) is 31.1 Å². The zero-order valence-corrected chi connectivity index (χ0v) is 14.4. The topological polar surface area (TPSA) is 55.8 Å². The predicted molar refractivity (Wildman–Crippen MR) is 95.0 cm³/mol. The van der Waals surface area contributed by atoms with Gasteiger partial charge in [-0.1, -0.05) is 30.3 Å². The van der Waals surface area contributed by atoms with Crippen molar-refractivity contribution in [2.24, 2.45) is 0 Å². The molecule has 0 aliphatic carbocycles. The standard InChI is InChI=1S/C20H21NO4/c1-3-24-18-11-7-5-9-16(18)20(23)25-14(2)19(22)21-13-12-15-8-4-6-10-17(15)21/h4-11,14H,3,12-13H2,1-2H3/t14-/m1/s1. The van der Waals surface area contributed by atoms with Crippen LogP contribution in [0.4, 0.5) is 5.69 Å². The molecule has 0 aromatic heterocycles. The molecular weight excluding hydrogens is 318 g/mol. The number of benzene rings is 2. The highest BCUT2D eigenvalue weighted by atomic mass is 16.5. The van der Waals surface area contributed by atoms with E-state index in [1.165, 1.54) is 0 Å². The van der Waals surface area contributed by atoms with Gasteiger partial charge in [0.15, 0.2) is 6.10 Å². The average molecular weight is 339 g/mol. The second-order valence-corrected chi connectivity index (χ2v) is 5.85. The number of carbonyl (C=O) groups is 2. The zero-order chi connectivity index (χ0) is 17.8. The minimum atomic E-state index is -0.867. The van der Waals surface area contributed by atoms with E-state index in [1.807, 2.05) is 31.2 Å². The summed E-state index contributed by atoms with van der Waals surface area (Å²) in [6.45, 7) is 4.50. The van der Waals surface area contributed by atoms with Crippen LogP contribution in [0.2, 0.25) is 0 Å². The summed E-state index contributed by atoms with van der Waals surface area (Å²) >= 11 is 0. The first kappa shape index (κ1) is 17.0. The van der Waals surface area contributed by atoms with Crippen molar-refractivity contribution in [1.29, 1.82) is 0 Å². The molecule has 2 aromatic carbocycles. The Morgan fingerprint density at radius 2 is 1.84 bits per heavy atom. The predicted octanol–water partition coefficient (Wildman–Crippen LogP) is 3.22. The van der Waals surface area contributed by atoms with Gasteiger partial charge in [0, 0.05) is 12.2 Å². The smallest absolute Gasteiger partial charge is 0.342 e. The Morgan fingerprint density at radius 3 is 2.64 bits per heavy atom. The highest BCUT2D eigenvalue weighted by molar-refractivity contribution is 6.00. The van der Waals surface area contributed by atoms with E-state index in [4.69, 9.17) is 9.47 Å². The number of nitrogens with zero attached hydrogens (tertiary/aromatic N) is 1. The first-order chi connectivity index (χ1) is 12.1. The van der Waals surface area contributed by atoms with Gasteiger partial charge < -0.3 is 14.4 Å². The normalized spacial score (nSPS) is 13.9. The first-order valence-electron chi connectivity index (χ1n) is 8.44. The van der Waals surface area contributed by atoms with Crippen LogP contribution in [0.25, 0.3) is 0 Å². The monoisotopic (exact) mass is 339 g/mol. The van der Waals surface area contributed by atoms with Gasteiger partial charge in [0.05, 0.1) is 6.61 Å². The van der Waals surface area contributed by atoms with E-state index in [0.29, 0.717) is 24.5 Å². The Bertz CT molecular complexity index is 787. The van der Waals surface area contributed by atoms with Crippen LogP contribution in [0.1, 0.15) is 29.8 Å². The summed E-state index contributed by atoms with van der Waals surface area (Å²) < 4.78 is 10.9. The van der Waals surface area contributed by atoms with Gasteiger partial charge in [-0.05, 0) is 44.0 Å². The van der Waals surface area contributed by atoms with Crippen LogP contribution in [0.5, 0.6) is 5.75 Å². The Kier molecular flexibility index (Phi) is 5.03. The lowest BCUT2D eigenvalue weighted by Gasteiger charge is -2.22. The maximum Gasteiger partial charge on any atom is 0.342 e. The van der Waals surface area contributed by atoms with Crippen molar-refractivity contribution in [2.75, 3.05) is 18.1 Å². The second-order valence-electron chi connectivity index (χ2n) is 5.85. The lowest BCUT2D eigenvalue weighted by molar-refractivity contribution is -0.126. The third-order valence-corrected chi connectivity index (χ3v) is 4.19. The lowest BCUT2D eigenvalue weighted by atomic mass is 10.2. The average Bonchev–Trinajstić information content (AvgIpc) is 3.05. The second kappa shape index (κ2) is 7.38. The first-order valence-corrected chi connectivity index (χ1v) is 8.44. The molecule has 5 heteroatoms. The van der Waals surface area contributed by atoms with Crippen LogP contribution >= 0.6 is 0 Å². The van der Waals surface area contributed by atoms with Crippen LogP contribution in [0, 0.1) is 0 Å². The van der Waals surface area contributed by atoms with Crippen molar-refractivity contribution in [3.05, 3.63) is 59.7 Å². The lowest BCUT2D eigenvalue weighted by Crippen LogP contribution is -2.39. The molecule has 0 spiro atoms. The largest absolute Gasteiger partial charge is 0.493 e. The molecule has 0 saturated heterocycles. The van der Waals surface area contributed by atoms with E-state index in [-0.39, 0.29) is 5.91 Å². The molecule has 130 valence electrons. The van der Waals surface area contributed by atoms with E-state index in [0.717, 1.165) is 17.7 Å². The Hall–Kier alpha value is -2.82. The zero-order valence-electron chi connectivity index (χ0n) is 14.4. The summed E-state index contributed by atoms with van der Waals surface area (Å²) in [6.07, 6.45) is -0.0520. The minimum absolute atomic E-state index is 0.216. The molecular formula is C20H21NO4. The van der Waals surface area contributed by atoms with E-state index in [1.54, 1.807) is 36.1 Å². The molecule has 3 rings (SSSR count). The molecule has 1 atom stereocenters. The summed E-state index contributed by atoms with van der Waals surface area (Å²) in [4.78, 5) is 26.8. The van der Waals surface area contributed by atoms with Crippen LogP contribution in [0.15, 0.2) is 48.5 Å². The number of esters is 1. The number of anilines is 1. The van der Waals surface area contributed by atoms with Crippen LogP contribution < -0.4 is 9.64 Å². The molecule has 1 amide bonds. The highest BCUT2D eigenvalue weighted by Crippen LogP contribution is 2.28. The van der Waals surface area contributed by atoms with Crippen molar-refractivity contribution >= 4 is 17.6 Å². The maximum atomic E-state index is 12.7. The summed E-state index contributed by atoms with van der Waals surface area (Å²) in [5.41, 5.74) is 2.35. The van der Waals surface area contributed by atoms with E-state index in [2.05, 4.69) is 0 Å². The molecule has 0 bridgehead atoms. The summed E-state index contributed by atoms with van der Waals surface area (Å²) in [7, 11) is 0. The fraction of sp³-hybridized carbons (Fsp3) is 0.300. The SMILES string of the molecule is CCOc1ccccc1C(=O)O[C@H](C)C(=O)N1CCc2ccccc21. The van der Waals surface area contributed by atoms with Gasteiger partial charge in [-0.25, -0.2) is 4.79 Å². The molecule has 25 heavy (non-hydrogen) atoms. The third-order valence-electron chi connectivity index (χ3n) is 4.19. The third kappa shape index (κ3) is 3.50. The number of hydrogen-bond acceptors (Lipinski definition) is 4. The highest BCUT2D eigenvalue weighted by Gasteiger charge is 2.30. The number of fused-ring (bicyclic) bond motifs is 1. The van der Waals surface area contributed by atoms with Gasteiger partial charge in [0.1, 0.15) is 11.3 Å². The molecule has 5 nitrogen and oxygen atoms in total. The van der Waals surface area contributed by atoms with Gasteiger partial charge in [0.2, 0.25) is 0 Å². The van der Waals surface area contributed by atoms with Crippen molar-refractivity contribution in [2.45, 2.75) is 26.4 Å². The summed E-state index contributed by atoms with van der Waals surface area (Å²) in [5.74, 6) is -0.314. The molecule has 0 unspecified atom stereocenters. The molecule has 1 aliphatic heterocycles. The number of amides is 1. The Morgan fingerprint density at radius 1 is 1.12 bits per heavy atom. The van der Waals surface area contributed by atoms with Crippen LogP contribution in [0.3, 0.4) is 0 Å². The van der Waals surface area contributed by atoms with Crippen molar-refractivity contribution < 1.29 is 19.1 Å². The molecule has 1 aliphatic rings. The molecule has 0 N–H and O–H groups in total.